The van der Waals surface area contributed by atoms with Crippen molar-refractivity contribution in [1.29, 1.82) is 0 Å². The lowest BCUT2D eigenvalue weighted by molar-refractivity contribution is 0.0801. The van der Waals surface area contributed by atoms with Crippen LogP contribution in [0.4, 0.5) is 0 Å². The molecule has 0 spiro atoms. The maximum Gasteiger partial charge on any atom is 0.205 e. The number of carbonyl (C=O) groups excluding carboxylic acids is 1. The quantitative estimate of drug-likeness (QED) is 0.419. The zero-order valence-corrected chi connectivity index (χ0v) is 15.8. The number of fused-ring (bicyclic) bond motifs is 1. The molecule has 6 heteroatoms. The summed E-state index contributed by atoms with van der Waals surface area (Å²) < 4.78 is 6.81. The molecule has 0 saturated carbocycles. The number of hydrogen-bond acceptors (Lipinski definition) is 2. The van der Waals surface area contributed by atoms with Crippen molar-refractivity contribution in [2.75, 3.05) is 5.33 Å². The first-order chi connectivity index (χ1) is 10.5. The molecular weight excluding hydrogens is 455 g/mol. The highest BCUT2D eigenvalue weighted by Gasteiger charge is 2.39. The van der Waals surface area contributed by atoms with Gasteiger partial charge in [0.2, 0.25) is 5.78 Å². The van der Waals surface area contributed by atoms with Gasteiger partial charge in [-0.25, -0.2) is 0 Å². The van der Waals surface area contributed by atoms with Gasteiger partial charge in [-0.15, -0.1) is 0 Å². The van der Waals surface area contributed by atoms with Gasteiger partial charge in [-0.2, -0.15) is 0 Å². The van der Waals surface area contributed by atoms with Crippen LogP contribution in [0.5, 0.6) is 5.75 Å². The van der Waals surface area contributed by atoms with Crippen molar-refractivity contribution in [2.24, 2.45) is 0 Å². The predicted octanol–water partition coefficient (Wildman–Crippen LogP) is 5.88. The number of ketones is 1. The fraction of sp³-hybridized carbons (Fsp3) is 0.188. The zero-order valence-electron chi connectivity index (χ0n) is 11.2. The van der Waals surface area contributed by atoms with E-state index in [1.165, 1.54) is 0 Å². The van der Waals surface area contributed by atoms with Crippen molar-refractivity contribution in [3.63, 3.8) is 0 Å². The second kappa shape index (κ2) is 6.52. The van der Waals surface area contributed by atoms with Crippen LogP contribution >= 0.6 is 55.1 Å². The molecule has 1 aliphatic heterocycles. The van der Waals surface area contributed by atoms with Gasteiger partial charge < -0.3 is 4.74 Å². The number of alkyl halides is 1. The number of carbonyl (C=O) groups is 1. The number of Topliss-reactive ketones (excluding diaryl/α,β-unsaturated/α-hetero) is 1. The lowest BCUT2D eigenvalue weighted by atomic mass is 9.92. The summed E-state index contributed by atoms with van der Waals surface area (Å²) in [4.78, 5) is 12.8. The minimum atomic E-state index is -0.595. The van der Waals surface area contributed by atoms with Gasteiger partial charge >= 0.3 is 0 Å². The average molecular weight is 465 g/mol. The van der Waals surface area contributed by atoms with E-state index >= 15 is 0 Å². The first-order valence-electron chi connectivity index (χ1n) is 6.52. The Hall–Kier alpha value is -0.550. The van der Waals surface area contributed by atoms with E-state index in [9.17, 15) is 4.79 Å². The summed E-state index contributed by atoms with van der Waals surface area (Å²) >= 11 is 18.9. The van der Waals surface area contributed by atoms with Crippen LogP contribution in [0.3, 0.4) is 0 Å². The maximum atomic E-state index is 12.8. The Morgan fingerprint density at radius 1 is 1.18 bits per heavy atom. The van der Waals surface area contributed by atoms with Crippen LogP contribution in [0, 0.1) is 0 Å². The van der Waals surface area contributed by atoms with Gasteiger partial charge in [0.1, 0.15) is 5.75 Å². The molecule has 0 N–H and O–H groups in total. The van der Waals surface area contributed by atoms with Crippen molar-refractivity contribution in [3.05, 3.63) is 62.0 Å². The van der Waals surface area contributed by atoms with Gasteiger partial charge in [0.05, 0.1) is 5.02 Å². The molecule has 1 aliphatic rings. The van der Waals surface area contributed by atoms with Gasteiger partial charge in [0, 0.05) is 31.9 Å². The first kappa shape index (κ1) is 16.3. The Morgan fingerprint density at radius 2 is 1.95 bits per heavy atom. The molecule has 2 aromatic rings. The fourth-order valence-corrected chi connectivity index (χ4v) is 4.07. The first-order valence-corrected chi connectivity index (χ1v) is 9.19. The monoisotopic (exact) mass is 462 g/mol. The van der Waals surface area contributed by atoms with Crippen molar-refractivity contribution in [2.45, 2.75) is 12.0 Å². The van der Waals surface area contributed by atoms with Crippen LogP contribution < -0.4 is 4.74 Å². The van der Waals surface area contributed by atoms with Crippen LogP contribution in [0.15, 0.2) is 40.9 Å². The van der Waals surface area contributed by atoms with E-state index in [2.05, 4.69) is 31.9 Å². The Labute approximate surface area is 155 Å². The summed E-state index contributed by atoms with van der Waals surface area (Å²) in [5.41, 5.74) is 1.44. The van der Waals surface area contributed by atoms with E-state index in [0.29, 0.717) is 20.9 Å². The van der Waals surface area contributed by atoms with Crippen LogP contribution in [-0.4, -0.2) is 17.2 Å². The van der Waals surface area contributed by atoms with Gasteiger partial charge in [-0.1, -0.05) is 61.1 Å². The lowest BCUT2D eigenvalue weighted by Crippen LogP contribution is -2.30. The number of ether oxygens (including phenoxy) is 1. The standard InChI is InChI=1S/C16H10Br2Cl2O2/c17-7-12-10-3-1-8(18)5-14(10)22-16(12)15(21)11-4-2-9(19)6-13(11)20/h1-6,12,16H,7H2. The average Bonchev–Trinajstić information content (AvgIpc) is 2.84. The van der Waals surface area contributed by atoms with E-state index in [-0.39, 0.29) is 11.7 Å². The molecule has 0 bridgehead atoms. The van der Waals surface area contributed by atoms with Crippen LogP contribution in [-0.2, 0) is 0 Å². The Balaban J connectivity index is 1.97. The van der Waals surface area contributed by atoms with E-state index in [1.54, 1.807) is 18.2 Å². The fourth-order valence-electron chi connectivity index (χ4n) is 2.54. The number of halogens is 4. The number of rotatable bonds is 3. The molecule has 22 heavy (non-hydrogen) atoms. The highest BCUT2D eigenvalue weighted by Crippen LogP contribution is 2.42. The molecule has 0 radical (unpaired) electrons. The van der Waals surface area contributed by atoms with Crippen molar-refractivity contribution in [3.8, 4) is 5.75 Å². The molecule has 0 aromatic heterocycles. The van der Waals surface area contributed by atoms with Gasteiger partial charge in [0.25, 0.3) is 0 Å². The Morgan fingerprint density at radius 3 is 2.64 bits per heavy atom. The molecule has 114 valence electrons. The topological polar surface area (TPSA) is 26.3 Å². The smallest absolute Gasteiger partial charge is 0.205 e. The Bertz CT molecular complexity index is 749. The van der Waals surface area contributed by atoms with Crippen molar-refractivity contribution >= 4 is 60.8 Å². The molecule has 3 rings (SSSR count). The summed E-state index contributed by atoms with van der Waals surface area (Å²) in [6, 6.07) is 10.7. The van der Waals surface area contributed by atoms with Gasteiger partial charge in [-0.3, -0.25) is 4.79 Å². The maximum absolute atomic E-state index is 12.8. The molecule has 2 atom stereocenters. The van der Waals surface area contributed by atoms with E-state index in [4.69, 9.17) is 27.9 Å². The summed E-state index contributed by atoms with van der Waals surface area (Å²) in [7, 11) is 0. The molecule has 0 saturated heterocycles. The lowest BCUT2D eigenvalue weighted by Gasteiger charge is -2.16. The third-order valence-corrected chi connectivity index (χ3v) is 5.35. The van der Waals surface area contributed by atoms with Gasteiger partial charge in [0.15, 0.2) is 6.10 Å². The van der Waals surface area contributed by atoms with Crippen LogP contribution in [0.2, 0.25) is 10.0 Å². The minimum absolute atomic E-state index is 0.0534. The van der Waals surface area contributed by atoms with Crippen molar-refractivity contribution in [1.82, 2.24) is 0 Å². The zero-order chi connectivity index (χ0) is 15.9. The predicted molar refractivity (Wildman–Crippen MR) is 95.9 cm³/mol. The third-order valence-electron chi connectivity index (χ3n) is 3.62. The molecular formula is C16H10Br2Cl2O2. The molecule has 2 nitrogen and oxygen atoms in total. The molecule has 0 fully saturated rings. The number of hydrogen-bond donors (Lipinski definition) is 0. The van der Waals surface area contributed by atoms with E-state index in [0.717, 1.165) is 15.8 Å². The second-order valence-electron chi connectivity index (χ2n) is 4.97. The highest BCUT2D eigenvalue weighted by molar-refractivity contribution is 9.10. The third kappa shape index (κ3) is 2.94. The van der Waals surface area contributed by atoms with E-state index in [1.807, 2.05) is 18.2 Å². The molecule has 0 amide bonds. The summed E-state index contributed by atoms with van der Waals surface area (Å²) in [6.07, 6.45) is -0.595. The van der Waals surface area contributed by atoms with Crippen molar-refractivity contribution < 1.29 is 9.53 Å². The molecule has 2 aromatic carbocycles. The minimum Gasteiger partial charge on any atom is -0.481 e. The second-order valence-corrected chi connectivity index (χ2v) is 7.38. The highest BCUT2D eigenvalue weighted by atomic mass is 79.9. The Kier molecular flexibility index (Phi) is 4.83. The number of benzene rings is 2. The SMILES string of the molecule is O=C(c1ccc(Cl)cc1Cl)C1Oc2cc(Br)ccc2C1CBr. The normalized spacial score (nSPS) is 19.6. The summed E-state index contributed by atoms with van der Waals surface area (Å²) in [5.74, 6) is 0.531. The van der Waals surface area contributed by atoms with E-state index < -0.39 is 6.10 Å². The van der Waals surface area contributed by atoms with Crippen LogP contribution in [0.1, 0.15) is 21.8 Å². The molecule has 2 unspecified atom stereocenters. The summed E-state index contributed by atoms with van der Waals surface area (Å²) in [5, 5.41) is 1.47. The van der Waals surface area contributed by atoms with Crippen LogP contribution in [0.25, 0.3) is 0 Å². The van der Waals surface area contributed by atoms with Gasteiger partial charge in [-0.05, 0) is 30.3 Å². The molecule has 1 heterocycles. The largest absolute Gasteiger partial charge is 0.481 e. The summed E-state index contributed by atoms with van der Waals surface area (Å²) in [6.45, 7) is 0. The molecule has 0 aliphatic carbocycles.